The summed E-state index contributed by atoms with van der Waals surface area (Å²) in [5.74, 6) is 0.984. The van der Waals surface area contributed by atoms with Crippen molar-refractivity contribution in [2.75, 3.05) is 6.61 Å². The Hall–Kier alpha value is -2.70. The molecule has 25 heavy (non-hydrogen) atoms. The summed E-state index contributed by atoms with van der Waals surface area (Å²) in [6, 6.07) is 10.3. The Labute approximate surface area is 148 Å². The zero-order valence-corrected chi connectivity index (χ0v) is 14.2. The van der Waals surface area contributed by atoms with Gasteiger partial charge in [0.2, 0.25) is 0 Å². The standard InChI is InChI=1S/C19H15N3O2S/c23-10-19-21-16(11-25-19)14-2-4-18-20-15(9-22(18)8-14)12-1-3-17-13(7-12)5-6-24-17/h1-4,7-9,11,23H,5-6,10H2. The predicted molar refractivity (Wildman–Crippen MR) is 96.9 cm³/mol. The fourth-order valence-electron chi connectivity index (χ4n) is 3.14. The summed E-state index contributed by atoms with van der Waals surface area (Å²) < 4.78 is 7.59. The quantitative estimate of drug-likeness (QED) is 0.614. The van der Waals surface area contributed by atoms with Crippen LogP contribution in [0.5, 0.6) is 5.75 Å². The molecule has 1 aromatic carbocycles. The van der Waals surface area contributed by atoms with Crippen molar-refractivity contribution in [3.63, 3.8) is 0 Å². The van der Waals surface area contributed by atoms with Crippen molar-refractivity contribution < 1.29 is 9.84 Å². The number of hydrogen-bond acceptors (Lipinski definition) is 5. The molecule has 0 radical (unpaired) electrons. The van der Waals surface area contributed by atoms with Gasteiger partial charge < -0.3 is 14.2 Å². The molecule has 0 bridgehead atoms. The Balaban J connectivity index is 1.55. The number of aliphatic hydroxyl groups is 1. The van der Waals surface area contributed by atoms with Crippen LogP contribution in [0.4, 0.5) is 0 Å². The number of rotatable bonds is 3. The highest BCUT2D eigenvalue weighted by atomic mass is 32.1. The molecule has 1 N–H and O–H groups in total. The van der Waals surface area contributed by atoms with E-state index in [1.54, 1.807) is 0 Å². The number of nitrogens with zero attached hydrogens (tertiary/aromatic N) is 3. The highest BCUT2D eigenvalue weighted by molar-refractivity contribution is 7.09. The second kappa shape index (κ2) is 5.68. The fourth-order valence-corrected chi connectivity index (χ4v) is 3.81. The lowest BCUT2D eigenvalue weighted by Crippen LogP contribution is -1.86. The van der Waals surface area contributed by atoms with E-state index in [2.05, 4.69) is 17.1 Å². The maximum absolute atomic E-state index is 9.19. The van der Waals surface area contributed by atoms with Crippen molar-refractivity contribution in [1.29, 1.82) is 0 Å². The highest BCUT2D eigenvalue weighted by Crippen LogP contribution is 2.30. The average molecular weight is 349 g/mol. The number of imidazole rings is 1. The average Bonchev–Trinajstić information content (AvgIpc) is 3.37. The van der Waals surface area contributed by atoms with Crippen LogP contribution in [0.2, 0.25) is 0 Å². The first kappa shape index (κ1) is 14.6. The van der Waals surface area contributed by atoms with Crippen molar-refractivity contribution in [2.45, 2.75) is 13.0 Å². The summed E-state index contributed by atoms with van der Waals surface area (Å²) in [6.45, 7) is 0.737. The van der Waals surface area contributed by atoms with Crippen LogP contribution in [0.3, 0.4) is 0 Å². The number of fused-ring (bicyclic) bond motifs is 2. The number of benzene rings is 1. The van der Waals surface area contributed by atoms with Crippen LogP contribution in [-0.4, -0.2) is 26.1 Å². The van der Waals surface area contributed by atoms with Crippen LogP contribution in [0.15, 0.2) is 48.1 Å². The van der Waals surface area contributed by atoms with Gasteiger partial charge in [-0.25, -0.2) is 9.97 Å². The first-order chi connectivity index (χ1) is 12.3. The van der Waals surface area contributed by atoms with Gasteiger partial charge in [0.1, 0.15) is 16.4 Å². The molecule has 1 aliphatic rings. The third-order valence-corrected chi connectivity index (χ3v) is 5.25. The van der Waals surface area contributed by atoms with Crippen LogP contribution < -0.4 is 4.74 Å². The monoisotopic (exact) mass is 349 g/mol. The lowest BCUT2D eigenvalue weighted by molar-refractivity contribution is 0.281. The van der Waals surface area contributed by atoms with Gasteiger partial charge in [-0.3, -0.25) is 0 Å². The number of ether oxygens (including phenoxy) is 1. The first-order valence-electron chi connectivity index (χ1n) is 8.11. The number of aromatic nitrogens is 3. The molecule has 6 heteroatoms. The minimum Gasteiger partial charge on any atom is -0.493 e. The molecule has 5 nitrogen and oxygen atoms in total. The molecule has 0 unspecified atom stereocenters. The third-order valence-electron chi connectivity index (χ3n) is 4.42. The first-order valence-corrected chi connectivity index (χ1v) is 8.98. The minimum atomic E-state index is -0.0236. The molecule has 1 aliphatic heterocycles. The van der Waals surface area contributed by atoms with Crippen LogP contribution in [0, 0.1) is 0 Å². The third kappa shape index (κ3) is 2.50. The zero-order chi connectivity index (χ0) is 16.8. The maximum Gasteiger partial charge on any atom is 0.137 e. The number of pyridine rings is 1. The molecule has 5 rings (SSSR count). The van der Waals surface area contributed by atoms with E-state index in [4.69, 9.17) is 9.72 Å². The molecule has 0 fully saturated rings. The van der Waals surface area contributed by atoms with Crippen LogP contribution in [0.25, 0.3) is 28.2 Å². The maximum atomic E-state index is 9.19. The molecule has 0 aliphatic carbocycles. The minimum absolute atomic E-state index is 0.0236. The summed E-state index contributed by atoms with van der Waals surface area (Å²) in [7, 11) is 0. The van der Waals surface area contributed by atoms with Gasteiger partial charge in [0, 0.05) is 35.3 Å². The van der Waals surface area contributed by atoms with Gasteiger partial charge in [-0.15, -0.1) is 11.3 Å². The molecule has 0 atom stereocenters. The summed E-state index contributed by atoms with van der Waals surface area (Å²) in [4.78, 5) is 9.16. The Morgan fingerprint density at radius 1 is 1.08 bits per heavy atom. The van der Waals surface area contributed by atoms with E-state index in [1.807, 2.05) is 40.4 Å². The van der Waals surface area contributed by atoms with E-state index >= 15 is 0 Å². The largest absolute Gasteiger partial charge is 0.493 e. The normalized spacial score (nSPS) is 13.2. The molecule has 0 saturated heterocycles. The number of aliphatic hydroxyl groups excluding tert-OH is 1. The summed E-state index contributed by atoms with van der Waals surface area (Å²) in [5, 5.41) is 11.9. The Kier molecular flexibility index (Phi) is 3.33. The smallest absolute Gasteiger partial charge is 0.137 e. The Morgan fingerprint density at radius 3 is 2.88 bits per heavy atom. The van der Waals surface area contributed by atoms with Crippen molar-refractivity contribution in [2.24, 2.45) is 0 Å². The van der Waals surface area contributed by atoms with Gasteiger partial charge in [-0.05, 0) is 35.9 Å². The van der Waals surface area contributed by atoms with Gasteiger partial charge in [-0.2, -0.15) is 0 Å². The van der Waals surface area contributed by atoms with Crippen LogP contribution in [0.1, 0.15) is 10.6 Å². The molecular weight excluding hydrogens is 334 g/mol. The lowest BCUT2D eigenvalue weighted by Gasteiger charge is -2.00. The number of thiazole rings is 1. The van der Waals surface area contributed by atoms with Gasteiger partial charge in [0.05, 0.1) is 24.6 Å². The van der Waals surface area contributed by atoms with Crippen molar-refractivity contribution in [3.05, 3.63) is 58.7 Å². The van der Waals surface area contributed by atoms with Gasteiger partial charge in [-0.1, -0.05) is 0 Å². The lowest BCUT2D eigenvalue weighted by atomic mass is 10.1. The molecular formula is C19H15N3O2S. The van der Waals surface area contributed by atoms with E-state index in [-0.39, 0.29) is 6.61 Å². The van der Waals surface area contributed by atoms with Gasteiger partial charge in [0.15, 0.2) is 0 Å². The van der Waals surface area contributed by atoms with Gasteiger partial charge >= 0.3 is 0 Å². The second-order valence-corrected chi connectivity index (χ2v) is 6.96. The van der Waals surface area contributed by atoms with Crippen LogP contribution >= 0.6 is 11.3 Å². The highest BCUT2D eigenvalue weighted by Gasteiger charge is 2.14. The summed E-state index contributed by atoms with van der Waals surface area (Å²) in [5.41, 5.74) is 6.07. The summed E-state index contributed by atoms with van der Waals surface area (Å²) in [6.07, 6.45) is 5.02. The molecule has 124 valence electrons. The SMILES string of the molecule is OCc1nc(-c2ccc3nc(-c4ccc5c(c4)CCO5)cn3c2)cs1. The molecule has 0 amide bonds. The molecule has 0 spiro atoms. The Morgan fingerprint density at radius 2 is 2.00 bits per heavy atom. The van der Waals surface area contributed by atoms with E-state index < -0.39 is 0 Å². The second-order valence-electron chi connectivity index (χ2n) is 6.01. The molecule has 4 aromatic rings. The van der Waals surface area contributed by atoms with E-state index in [9.17, 15) is 5.11 Å². The van der Waals surface area contributed by atoms with Crippen molar-refractivity contribution >= 4 is 17.0 Å². The van der Waals surface area contributed by atoms with E-state index in [0.717, 1.165) is 51.9 Å². The van der Waals surface area contributed by atoms with Crippen molar-refractivity contribution in [1.82, 2.24) is 14.4 Å². The van der Waals surface area contributed by atoms with Crippen molar-refractivity contribution in [3.8, 4) is 28.3 Å². The summed E-state index contributed by atoms with van der Waals surface area (Å²) >= 11 is 1.47. The Bertz CT molecular complexity index is 1080. The molecule has 3 aromatic heterocycles. The number of hydrogen-bond donors (Lipinski definition) is 1. The molecule has 4 heterocycles. The zero-order valence-electron chi connectivity index (χ0n) is 13.3. The van der Waals surface area contributed by atoms with Gasteiger partial charge in [0.25, 0.3) is 0 Å². The van der Waals surface area contributed by atoms with Crippen LogP contribution in [-0.2, 0) is 13.0 Å². The van der Waals surface area contributed by atoms with E-state index in [0.29, 0.717) is 0 Å². The fraction of sp³-hybridized carbons (Fsp3) is 0.158. The topological polar surface area (TPSA) is 59.7 Å². The van der Waals surface area contributed by atoms with E-state index in [1.165, 1.54) is 16.9 Å². The molecule has 0 saturated carbocycles. The predicted octanol–water partition coefficient (Wildman–Crippen LogP) is 3.55.